The number of carboxylic acids is 1. The van der Waals surface area contributed by atoms with Gasteiger partial charge in [0.25, 0.3) is 0 Å². The summed E-state index contributed by atoms with van der Waals surface area (Å²) in [6.07, 6.45) is 13.6. The Balaban J connectivity index is 1.44. The van der Waals surface area contributed by atoms with Crippen LogP contribution >= 0.6 is 0 Å². The van der Waals surface area contributed by atoms with E-state index in [1.54, 1.807) is 0 Å². The fourth-order valence-corrected chi connectivity index (χ4v) is 10.7. The lowest BCUT2D eigenvalue weighted by molar-refractivity contribution is -0.240. The molecule has 8 bridgehead atoms. The zero-order valence-corrected chi connectivity index (χ0v) is 17.5. The first-order chi connectivity index (χ1) is 13.2. The predicted molar refractivity (Wildman–Crippen MR) is 105 cm³/mol. The second kappa shape index (κ2) is 5.16. The van der Waals surface area contributed by atoms with Gasteiger partial charge in [0.1, 0.15) is 0 Å². The minimum absolute atomic E-state index is 0.146. The van der Waals surface area contributed by atoms with E-state index in [9.17, 15) is 14.7 Å². The number of rotatable bonds is 3. The van der Waals surface area contributed by atoms with Gasteiger partial charge in [-0.25, -0.2) is 0 Å². The highest BCUT2D eigenvalue weighted by Gasteiger charge is 2.72. The molecule has 0 spiro atoms. The molecule has 0 heterocycles. The van der Waals surface area contributed by atoms with Gasteiger partial charge in [-0.3, -0.25) is 9.59 Å². The smallest absolute Gasteiger partial charge is 0.309 e. The highest BCUT2D eigenvalue weighted by Crippen LogP contribution is 2.78. The summed E-state index contributed by atoms with van der Waals surface area (Å²) < 4.78 is 0. The summed E-state index contributed by atoms with van der Waals surface area (Å²) in [7, 11) is 3.86. The standard InChI is InChI=1S/C24H35NO3/c1-25(2)19(26)21-5-15-3-16(6-21)10-23(9-15,13-21)24-11-17-4-18(12-24)8-22(7-17,14-24)20(27)28/h15-18H,3-14H2,1-2H3,(H,27,28). The maximum absolute atomic E-state index is 13.4. The molecule has 0 aromatic heterocycles. The Bertz CT molecular complexity index is 727. The van der Waals surface area contributed by atoms with E-state index in [1.807, 2.05) is 19.0 Å². The van der Waals surface area contributed by atoms with Crippen LogP contribution in [-0.2, 0) is 9.59 Å². The van der Waals surface area contributed by atoms with Crippen LogP contribution < -0.4 is 0 Å². The van der Waals surface area contributed by atoms with Gasteiger partial charge in [0, 0.05) is 14.1 Å². The van der Waals surface area contributed by atoms with Crippen LogP contribution in [0.3, 0.4) is 0 Å². The van der Waals surface area contributed by atoms with E-state index in [4.69, 9.17) is 0 Å². The van der Waals surface area contributed by atoms with E-state index in [-0.39, 0.29) is 16.2 Å². The summed E-state index contributed by atoms with van der Waals surface area (Å²) >= 11 is 0. The Kier molecular flexibility index (Phi) is 3.27. The summed E-state index contributed by atoms with van der Waals surface area (Å²) in [5.74, 6) is 2.47. The molecule has 8 saturated carbocycles. The Hall–Kier alpha value is -1.06. The van der Waals surface area contributed by atoms with Gasteiger partial charge in [-0.15, -0.1) is 0 Å². The lowest BCUT2D eigenvalue weighted by atomic mass is 9.31. The van der Waals surface area contributed by atoms with Crippen LogP contribution in [0.4, 0.5) is 0 Å². The highest BCUT2D eigenvalue weighted by atomic mass is 16.4. The van der Waals surface area contributed by atoms with Gasteiger partial charge in [-0.1, -0.05) is 0 Å². The van der Waals surface area contributed by atoms with Gasteiger partial charge in [0.05, 0.1) is 10.8 Å². The Morgan fingerprint density at radius 2 is 1.11 bits per heavy atom. The van der Waals surface area contributed by atoms with E-state index < -0.39 is 11.4 Å². The highest BCUT2D eigenvalue weighted by molar-refractivity contribution is 5.83. The number of carboxylic acid groups (broad SMARTS) is 1. The Morgan fingerprint density at radius 3 is 1.50 bits per heavy atom. The van der Waals surface area contributed by atoms with E-state index in [2.05, 4.69) is 0 Å². The van der Waals surface area contributed by atoms with Crippen LogP contribution in [0.25, 0.3) is 0 Å². The molecule has 8 aliphatic rings. The van der Waals surface area contributed by atoms with Crippen molar-refractivity contribution in [1.82, 2.24) is 4.90 Å². The second-order valence-corrected chi connectivity index (χ2v) is 12.5. The molecule has 8 fully saturated rings. The molecule has 0 aliphatic heterocycles. The first-order valence-electron chi connectivity index (χ1n) is 11.6. The van der Waals surface area contributed by atoms with Gasteiger partial charge >= 0.3 is 5.97 Å². The van der Waals surface area contributed by atoms with Crippen LogP contribution in [0, 0.1) is 45.3 Å². The molecule has 1 N–H and O–H groups in total. The molecule has 4 heteroatoms. The molecule has 8 rings (SSSR count). The molecule has 154 valence electrons. The number of carbonyl (C=O) groups is 2. The SMILES string of the molecule is CN(C)C(=O)C12CC3CC(C1)CC(C14CC5CC(CC(C(=O)O)(C5)C1)C4)(C3)C2. The number of hydrogen-bond donors (Lipinski definition) is 1. The third-order valence-electron chi connectivity index (χ3n) is 10.6. The minimum atomic E-state index is -0.519. The number of amides is 1. The molecule has 4 unspecified atom stereocenters. The molecule has 8 aliphatic carbocycles. The van der Waals surface area contributed by atoms with E-state index in [1.165, 1.54) is 38.5 Å². The van der Waals surface area contributed by atoms with E-state index in [0.717, 1.165) is 38.5 Å². The first kappa shape index (κ1) is 17.8. The van der Waals surface area contributed by atoms with Gasteiger partial charge in [0.2, 0.25) is 5.91 Å². The molecular formula is C24H35NO3. The van der Waals surface area contributed by atoms with Crippen molar-refractivity contribution in [3.8, 4) is 0 Å². The largest absolute Gasteiger partial charge is 0.481 e. The van der Waals surface area contributed by atoms with Gasteiger partial charge in [0.15, 0.2) is 0 Å². The molecule has 0 aromatic rings. The van der Waals surface area contributed by atoms with Gasteiger partial charge in [-0.05, 0) is 112 Å². The van der Waals surface area contributed by atoms with Crippen molar-refractivity contribution < 1.29 is 14.7 Å². The molecule has 28 heavy (non-hydrogen) atoms. The lowest BCUT2D eigenvalue weighted by Gasteiger charge is -2.73. The van der Waals surface area contributed by atoms with Crippen LogP contribution in [0.15, 0.2) is 0 Å². The summed E-state index contributed by atoms with van der Waals surface area (Å²) in [4.78, 5) is 27.6. The fraction of sp³-hybridized carbons (Fsp3) is 0.917. The fourth-order valence-electron chi connectivity index (χ4n) is 10.7. The summed E-state index contributed by atoms with van der Waals surface area (Å²) in [5, 5.41) is 10.2. The number of hydrogen-bond acceptors (Lipinski definition) is 2. The van der Waals surface area contributed by atoms with Gasteiger partial charge in [-0.2, -0.15) is 0 Å². The molecule has 4 nitrogen and oxygen atoms in total. The zero-order valence-electron chi connectivity index (χ0n) is 17.5. The van der Waals surface area contributed by atoms with Crippen molar-refractivity contribution in [2.24, 2.45) is 45.3 Å². The molecule has 0 saturated heterocycles. The zero-order chi connectivity index (χ0) is 19.5. The third-order valence-corrected chi connectivity index (χ3v) is 10.6. The maximum Gasteiger partial charge on any atom is 0.309 e. The van der Waals surface area contributed by atoms with Crippen LogP contribution in [0.2, 0.25) is 0 Å². The summed E-state index contributed by atoms with van der Waals surface area (Å²) in [6.45, 7) is 0. The third kappa shape index (κ3) is 2.03. The van der Waals surface area contributed by atoms with Crippen molar-refractivity contribution in [3.05, 3.63) is 0 Å². The molecule has 0 radical (unpaired) electrons. The number of aliphatic carboxylic acids is 1. The molecule has 4 atom stereocenters. The second-order valence-electron chi connectivity index (χ2n) is 12.5. The van der Waals surface area contributed by atoms with Crippen molar-refractivity contribution in [1.29, 1.82) is 0 Å². The van der Waals surface area contributed by atoms with Crippen LogP contribution in [0.5, 0.6) is 0 Å². The topological polar surface area (TPSA) is 57.6 Å². The van der Waals surface area contributed by atoms with Crippen molar-refractivity contribution in [2.45, 2.75) is 77.0 Å². The Morgan fingerprint density at radius 1 is 0.714 bits per heavy atom. The summed E-state index contributed by atoms with van der Waals surface area (Å²) in [6, 6.07) is 0. The monoisotopic (exact) mass is 385 g/mol. The first-order valence-corrected chi connectivity index (χ1v) is 11.6. The quantitative estimate of drug-likeness (QED) is 0.786. The molecule has 1 amide bonds. The van der Waals surface area contributed by atoms with Crippen LogP contribution in [0.1, 0.15) is 77.0 Å². The maximum atomic E-state index is 13.4. The normalized spacial score (nSPS) is 55.5. The molecular weight excluding hydrogens is 350 g/mol. The summed E-state index contributed by atoms with van der Waals surface area (Å²) in [5.41, 5.74) is -0.161. The minimum Gasteiger partial charge on any atom is -0.481 e. The van der Waals surface area contributed by atoms with E-state index in [0.29, 0.717) is 29.6 Å². The average Bonchev–Trinajstić information content (AvgIpc) is 2.58. The van der Waals surface area contributed by atoms with Crippen molar-refractivity contribution in [2.75, 3.05) is 14.1 Å². The van der Waals surface area contributed by atoms with Crippen molar-refractivity contribution in [3.63, 3.8) is 0 Å². The van der Waals surface area contributed by atoms with Crippen molar-refractivity contribution >= 4 is 11.9 Å². The number of carbonyl (C=O) groups excluding carboxylic acids is 1. The predicted octanol–water partition coefficient (Wildman–Crippen LogP) is 4.33. The van der Waals surface area contributed by atoms with Gasteiger partial charge < -0.3 is 10.0 Å². The Labute approximate surface area is 168 Å². The lowest BCUT2D eigenvalue weighted by Crippen LogP contribution is -2.67. The van der Waals surface area contributed by atoms with E-state index >= 15 is 0 Å². The molecule has 0 aromatic carbocycles. The van der Waals surface area contributed by atoms with Crippen LogP contribution in [-0.4, -0.2) is 36.0 Å². The number of nitrogens with zero attached hydrogens (tertiary/aromatic N) is 1. The average molecular weight is 386 g/mol.